The quantitative estimate of drug-likeness (QED) is 0.746. The van der Waals surface area contributed by atoms with Crippen molar-refractivity contribution in [1.29, 1.82) is 0 Å². The number of nitrogens with zero attached hydrogens (tertiary/aromatic N) is 1. The Kier molecular flexibility index (Phi) is 2.87. The van der Waals surface area contributed by atoms with Gasteiger partial charge in [-0.25, -0.2) is 0 Å². The second kappa shape index (κ2) is 4.40. The Morgan fingerprint density at radius 3 is 2.82 bits per heavy atom. The lowest BCUT2D eigenvalue weighted by atomic mass is 9.82. The minimum atomic E-state index is -3.34. The Labute approximate surface area is 134 Å². The lowest BCUT2D eigenvalue weighted by Gasteiger charge is -2.19. The summed E-state index contributed by atoms with van der Waals surface area (Å²) in [6.07, 6.45) is 0. The molecule has 6 heteroatoms. The first-order valence-corrected chi connectivity index (χ1v) is 9.67. The van der Waals surface area contributed by atoms with Crippen LogP contribution < -0.4 is 0 Å². The molecule has 1 unspecified atom stereocenters. The maximum absolute atomic E-state index is 11.5. The molecule has 1 atom stereocenters. The number of rotatable bonds is 1. The molecule has 1 aromatic heterocycles. The zero-order valence-corrected chi connectivity index (χ0v) is 14.3. The topological polar surface area (TPSA) is 55.7 Å². The van der Waals surface area contributed by atoms with E-state index in [-0.39, 0.29) is 23.7 Å². The van der Waals surface area contributed by atoms with Crippen LogP contribution >= 0.6 is 11.3 Å². The molecule has 0 saturated carbocycles. The number of aliphatic imine (C=N–C) groups is 1. The van der Waals surface area contributed by atoms with Gasteiger partial charge in [0.15, 0.2) is 0 Å². The van der Waals surface area contributed by atoms with Crippen LogP contribution in [0.1, 0.15) is 37.1 Å². The number of hydrogen-bond donors (Lipinski definition) is 0. The molecule has 2 aromatic rings. The van der Waals surface area contributed by atoms with E-state index in [4.69, 9.17) is 9.18 Å². The summed E-state index contributed by atoms with van der Waals surface area (Å²) in [4.78, 5) is 5.85. The third-order valence-corrected chi connectivity index (χ3v) is 7.37. The minimum absolute atomic E-state index is 0.0363. The highest BCUT2D eigenvalue weighted by Gasteiger charge is 2.35. The highest BCUT2D eigenvalue weighted by molar-refractivity contribution is 7.87. The average molecular weight is 335 g/mol. The fourth-order valence-electron chi connectivity index (χ4n) is 3.14. The number of fused-ring (bicyclic) bond motifs is 3. The Morgan fingerprint density at radius 1 is 1.36 bits per heavy atom. The molecule has 0 aliphatic carbocycles. The maximum atomic E-state index is 11.5. The predicted octanol–water partition coefficient (Wildman–Crippen LogP) is 3.73. The van der Waals surface area contributed by atoms with E-state index >= 15 is 0 Å². The predicted molar refractivity (Wildman–Crippen MR) is 90.1 cm³/mol. The summed E-state index contributed by atoms with van der Waals surface area (Å²) in [7, 11) is -3.34. The highest BCUT2D eigenvalue weighted by Crippen LogP contribution is 2.47. The summed E-state index contributed by atoms with van der Waals surface area (Å²) in [5.74, 6) is 0.0213. The molecule has 116 valence electrons. The molecule has 0 radical (unpaired) electrons. The molecule has 0 spiro atoms. The third-order valence-electron chi connectivity index (χ3n) is 4.81. The first-order chi connectivity index (χ1) is 10.3. The van der Waals surface area contributed by atoms with Gasteiger partial charge in [0.2, 0.25) is 0 Å². The van der Waals surface area contributed by atoms with Crippen molar-refractivity contribution in [1.82, 2.24) is 0 Å². The van der Waals surface area contributed by atoms with Crippen LogP contribution in [0, 0.1) is 0 Å². The van der Waals surface area contributed by atoms with Crippen molar-refractivity contribution >= 4 is 42.9 Å². The van der Waals surface area contributed by atoms with Gasteiger partial charge in [-0.05, 0) is 24.6 Å². The van der Waals surface area contributed by atoms with Crippen LogP contribution in [0.15, 0.2) is 23.2 Å². The van der Waals surface area contributed by atoms with Gasteiger partial charge in [-0.1, -0.05) is 19.9 Å². The molecule has 1 fully saturated rings. The third kappa shape index (κ3) is 1.97. The molecule has 4 nitrogen and oxygen atoms in total. The Bertz CT molecular complexity index is 922. The van der Waals surface area contributed by atoms with Crippen molar-refractivity contribution in [2.45, 2.75) is 32.1 Å². The van der Waals surface area contributed by atoms with Crippen molar-refractivity contribution in [3.05, 3.63) is 28.6 Å². The summed E-state index contributed by atoms with van der Waals surface area (Å²) in [6, 6.07) is 6.38. The van der Waals surface area contributed by atoms with Gasteiger partial charge in [0.25, 0.3) is 10.1 Å². The molecule has 0 amide bonds. The van der Waals surface area contributed by atoms with Crippen molar-refractivity contribution in [2.75, 3.05) is 12.4 Å². The van der Waals surface area contributed by atoms with E-state index in [0.29, 0.717) is 0 Å². The van der Waals surface area contributed by atoms with Crippen LogP contribution in [0.4, 0.5) is 5.69 Å². The fourth-order valence-corrected chi connectivity index (χ4v) is 5.63. The Hall–Kier alpha value is -1.24. The summed E-state index contributed by atoms with van der Waals surface area (Å²) in [6.45, 7) is 6.70. The zero-order valence-electron chi connectivity index (χ0n) is 12.7. The van der Waals surface area contributed by atoms with Crippen LogP contribution in [-0.4, -0.2) is 26.5 Å². The van der Waals surface area contributed by atoms with E-state index in [9.17, 15) is 8.42 Å². The van der Waals surface area contributed by atoms with Crippen LogP contribution in [0.2, 0.25) is 0 Å². The molecular formula is C16H17NO3S2. The number of hydrogen-bond acceptors (Lipinski definition) is 5. The van der Waals surface area contributed by atoms with E-state index < -0.39 is 10.1 Å². The van der Waals surface area contributed by atoms with Crippen molar-refractivity contribution in [3.63, 3.8) is 0 Å². The second-order valence-electron chi connectivity index (χ2n) is 6.55. The fraction of sp³-hybridized carbons (Fsp3) is 0.438. The normalized spacial score (nSPS) is 25.4. The van der Waals surface area contributed by atoms with Crippen molar-refractivity contribution < 1.29 is 12.6 Å². The molecule has 4 rings (SSSR count). The Morgan fingerprint density at radius 2 is 2.14 bits per heavy atom. The summed E-state index contributed by atoms with van der Waals surface area (Å²) < 4.78 is 29.1. The van der Waals surface area contributed by atoms with E-state index in [2.05, 4.69) is 39.0 Å². The van der Waals surface area contributed by atoms with Gasteiger partial charge in [-0.3, -0.25) is 9.18 Å². The molecule has 2 aliphatic heterocycles. The maximum Gasteiger partial charge on any atom is 0.268 e. The molecular weight excluding hydrogens is 318 g/mol. The SMILES string of the molecule is CC1=Nc2c(ccc3sc(C4COS(=O)(=O)C4)cc23)C1(C)C. The van der Waals surface area contributed by atoms with Gasteiger partial charge < -0.3 is 0 Å². The van der Waals surface area contributed by atoms with E-state index in [1.807, 2.05) is 0 Å². The van der Waals surface area contributed by atoms with Gasteiger partial charge >= 0.3 is 0 Å². The van der Waals surface area contributed by atoms with Crippen LogP contribution in [0.25, 0.3) is 10.1 Å². The van der Waals surface area contributed by atoms with Gasteiger partial charge in [0, 0.05) is 32.0 Å². The molecule has 1 aromatic carbocycles. The van der Waals surface area contributed by atoms with Crippen LogP contribution in [-0.2, 0) is 19.7 Å². The Balaban J connectivity index is 1.86. The second-order valence-corrected chi connectivity index (χ2v) is 9.35. The monoisotopic (exact) mass is 335 g/mol. The van der Waals surface area contributed by atoms with E-state index in [0.717, 1.165) is 26.4 Å². The van der Waals surface area contributed by atoms with Crippen molar-refractivity contribution in [2.24, 2.45) is 4.99 Å². The smallest absolute Gasteiger partial charge is 0.268 e. The first-order valence-electron chi connectivity index (χ1n) is 7.28. The van der Waals surface area contributed by atoms with Gasteiger partial charge in [-0.2, -0.15) is 8.42 Å². The van der Waals surface area contributed by atoms with Crippen LogP contribution in [0.5, 0.6) is 0 Å². The standard InChI is InChI=1S/C16H17NO3S2/c1-9-16(2,3)12-4-5-13-11(15(12)17-9)6-14(21-13)10-7-20-22(18,19)8-10/h4-6,10H,7-8H2,1-3H3. The molecule has 3 heterocycles. The summed E-state index contributed by atoms with van der Waals surface area (Å²) >= 11 is 1.65. The number of thiophene rings is 1. The van der Waals surface area contributed by atoms with E-state index in [1.54, 1.807) is 11.3 Å². The molecule has 1 saturated heterocycles. The lowest BCUT2D eigenvalue weighted by Crippen LogP contribution is -2.22. The highest BCUT2D eigenvalue weighted by atomic mass is 32.2. The number of benzene rings is 1. The molecule has 0 bridgehead atoms. The van der Waals surface area contributed by atoms with Gasteiger partial charge in [-0.15, -0.1) is 11.3 Å². The zero-order chi connectivity index (χ0) is 15.7. The summed E-state index contributed by atoms with van der Waals surface area (Å²) in [5, 5.41) is 1.13. The van der Waals surface area contributed by atoms with Gasteiger partial charge in [0.1, 0.15) is 0 Å². The minimum Gasteiger partial charge on any atom is -0.269 e. The van der Waals surface area contributed by atoms with Crippen LogP contribution in [0.3, 0.4) is 0 Å². The van der Waals surface area contributed by atoms with Crippen molar-refractivity contribution in [3.8, 4) is 0 Å². The molecule has 2 aliphatic rings. The molecule has 0 N–H and O–H groups in total. The first kappa shape index (κ1) is 14.4. The lowest BCUT2D eigenvalue weighted by molar-refractivity contribution is 0.341. The van der Waals surface area contributed by atoms with Gasteiger partial charge in [0.05, 0.1) is 18.0 Å². The van der Waals surface area contributed by atoms with E-state index in [1.165, 1.54) is 5.56 Å². The summed E-state index contributed by atoms with van der Waals surface area (Å²) in [5.41, 5.74) is 3.38. The average Bonchev–Trinajstić information content (AvgIpc) is 3.06. The molecule has 22 heavy (non-hydrogen) atoms. The largest absolute Gasteiger partial charge is 0.269 e.